The third kappa shape index (κ3) is 1.58. The lowest BCUT2D eigenvalue weighted by Gasteiger charge is -2.25. The van der Waals surface area contributed by atoms with Crippen molar-refractivity contribution in [3.63, 3.8) is 0 Å². The molecule has 1 heterocycles. The van der Waals surface area contributed by atoms with Crippen LogP contribution in [-0.4, -0.2) is 18.5 Å². The summed E-state index contributed by atoms with van der Waals surface area (Å²) in [4.78, 5) is 11.0. The molecule has 1 atom stereocenters. The van der Waals surface area contributed by atoms with Gasteiger partial charge in [0.05, 0.1) is 12.7 Å². The number of rotatable bonds is 1. The summed E-state index contributed by atoms with van der Waals surface area (Å²) in [6, 6.07) is 0. The van der Waals surface area contributed by atoms with E-state index in [1.54, 1.807) is 0 Å². The van der Waals surface area contributed by atoms with Gasteiger partial charge in [-0.05, 0) is 18.8 Å². The predicted octanol–water partition coefficient (Wildman–Crippen LogP) is 1.70. The van der Waals surface area contributed by atoms with Crippen LogP contribution in [0.5, 0.6) is 0 Å². The van der Waals surface area contributed by atoms with Crippen LogP contribution in [0.3, 0.4) is 0 Å². The van der Waals surface area contributed by atoms with Crippen LogP contribution in [0.15, 0.2) is 12.2 Å². The third-order valence-corrected chi connectivity index (χ3v) is 2.76. The summed E-state index contributed by atoms with van der Waals surface area (Å²) in [7, 11) is 0. The number of hydrogen-bond acceptors (Lipinski definition) is 2. The number of ether oxygens (including phenoxy) is 1. The van der Waals surface area contributed by atoms with Crippen molar-refractivity contribution >= 4 is 5.78 Å². The largest absolute Gasteiger partial charge is 0.370 e. The minimum Gasteiger partial charge on any atom is -0.370 e. The van der Waals surface area contributed by atoms with E-state index in [0.29, 0.717) is 17.8 Å². The first kappa shape index (κ1) is 7.99. The zero-order chi connectivity index (χ0) is 8.39. The van der Waals surface area contributed by atoms with Crippen LogP contribution in [0.2, 0.25) is 0 Å². The van der Waals surface area contributed by atoms with Gasteiger partial charge in [-0.2, -0.15) is 0 Å². The maximum atomic E-state index is 11.0. The van der Waals surface area contributed by atoms with Crippen LogP contribution < -0.4 is 0 Å². The van der Waals surface area contributed by atoms with Crippen molar-refractivity contribution < 1.29 is 9.53 Å². The fourth-order valence-corrected chi connectivity index (χ4v) is 2.00. The van der Waals surface area contributed by atoms with Crippen molar-refractivity contribution in [2.75, 3.05) is 6.61 Å². The Morgan fingerprint density at radius 3 is 2.67 bits per heavy atom. The van der Waals surface area contributed by atoms with Gasteiger partial charge < -0.3 is 4.74 Å². The van der Waals surface area contributed by atoms with Crippen LogP contribution in [-0.2, 0) is 9.53 Å². The summed E-state index contributed by atoms with van der Waals surface area (Å²) in [6.45, 7) is 0.759. The molecule has 0 aromatic carbocycles. The van der Waals surface area contributed by atoms with E-state index in [4.69, 9.17) is 4.74 Å². The summed E-state index contributed by atoms with van der Waals surface area (Å²) in [5.41, 5.74) is 0. The predicted molar refractivity (Wildman–Crippen MR) is 45.8 cm³/mol. The molecule has 0 N–H and O–H groups in total. The maximum absolute atomic E-state index is 11.0. The van der Waals surface area contributed by atoms with E-state index in [1.807, 2.05) is 0 Å². The molecule has 2 nitrogen and oxygen atoms in total. The normalized spacial score (nSPS) is 31.3. The lowest BCUT2D eigenvalue weighted by atomic mass is 9.85. The highest BCUT2D eigenvalue weighted by Gasteiger charge is 2.26. The van der Waals surface area contributed by atoms with Gasteiger partial charge in [-0.3, -0.25) is 4.79 Å². The maximum Gasteiger partial charge on any atom is 0.132 e. The minimum atomic E-state index is 0.304. The molecule has 0 amide bonds. The Morgan fingerprint density at radius 1 is 1.33 bits per heavy atom. The van der Waals surface area contributed by atoms with E-state index < -0.39 is 0 Å². The van der Waals surface area contributed by atoms with Crippen LogP contribution in [0.1, 0.15) is 25.7 Å². The average molecular weight is 166 g/mol. The second-order valence-corrected chi connectivity index (χ2v) is 3.60. The van der Waals surface area contributed by atoms with E-state index in [1.165, 1.54) is 0 Å². The van der Waals surface area contributed by atoms with Crippen LogP contribution in [0.25, 0.3) is 0 Å². The Kier molecular flexibility index (Phi) is 2.26. The molecule has 2 aliphatic rings. The molecule has 1 aliphatic heterocycles. The number of carbonyl (C=O) groups excluding carboxylic acids is 1. The highest BCUT2D eigenvalue weighted by Crippen LogP contribution is 2.28. The molecular weight excluding hydrogens is 152 g/mol. The van der Waals surface area contributed by atoms with E-state index in [2.05, 4.69) is 12.2 Å². The molecule has 0 saturated heterocycles. The number of Topliss-reactive ketones (excluding diaryl/α,β-unsaturated/α-hetero) is 1. The number of hydrogen-bond donors (Lipinski definition) is 0. The number of carbonyl (C=O) groups is 1. The second-order valence-electron chi connectivity index (χ2n) is 3.60. The molecule has 12 heavy (non-hydrogen) atoms. The standard InChI is InChI=1S/C10H14O2/c11-9-5-3-8(4-6-9)10-2-1-7-12-10/h1-2,8,10H,3-7H2. The summed E-state index contributed by atoms with van der Waals surface area (Å²) in [5.74, 6) is 1.02. The van der Waals surface area contributed by atoms with E-state index in [0.717, 1.165) is 32.3 Å². The zero-order valence-corrected chi connectivity index (χ0v) is 7.16. The Bertz CT molecular complexity index is 198. The summed E-state index contributed by atoms with van der Waals surface area (Å²) >= 11 is 0. The van der Waals surface area contributed by atoms with Gasteiger partial charge in [-0.25, -0.2) is 0 Å². The van der Waals surface area contributed by atoms with E-state index >= 15 is 0 Å². The minimum absolute atomic E-state index is 0.304. The van der Waals surface area contributed by atoms with Gasteiger partial charge in [-0.1, -0.05) is 12.2 Å². The topological polar surface area (TPSA) is 26.3 Å². The molecule has 0 radical (unpaired) electrons. The number of ketones is 1. The fourth-order valence-electron chi connectivity index (χ4n) is 2.00. The molecule has 0 aromatic rings. The summed E-state index contributed by atoms with van der Waals surface area (Å²) in [5, 5.41) is 0. The van der Waals surface area contributed by atoms with Gasteiger partial charge in [0.25, 0.3) is 0 Å². The van der Waals surface area contributed by atoms with Gasteiger partial charge in [0.2, 0.25) is 0 Å². The van der Waals surface area contributed by atoms with Crippen molar-refractivity contribution in [3.8, 4) is 0 Å². The van der Waals surface area contributed by atoms with Gasteiger partial charge in [0.15, 0.2) is 0 Å². The lowest BCUT2D eigenvalue weighted by Crippen LogP contribution is -2.24. The summed E-state index contributed by atoms with van der Waals surface area (Å²) < 4.78 is 5.51. The lowest BCUT2D eigenvalue weighted by molar-refractivity contribution is -0.121. The van der Waals surface area contributed by atoms with Gasteiger partial charge >= 0.3 is 0 Å². The summed E-state index contributed by atoms with van der Waals surface area (Å²) in [6.07, 6.45) is 8.08. The molecular formula is C10H14O2. The van der Waals surface area contributed by atoms with Gasteiger partial charge in [0.1, 0.15) is 5.78 Å². The molecule has 66 valence electrons. The Labute approximate surface area is 72.6 Å². The molecule has 1 aliphatic carbocycles. The molecule has 2 rings (SSSR count). The SMILES string of the molecule is O=C1CCC(C2C=CCO2)CC1. The smallest absolute Gasteiger partial charge is 0.132 e. The van der Waals surface area contributed by atoms with E-state index in [9.17, 15) is 4.79 Å². The van der Waals surface area contributed by atoms with Crippen molar-refractivity contribution in [2.24, 2.45) is 5.92 Å². The third-order valence-electron chi connectivity index (χ3n) is 2.76. The van der Waals surface area contributed by atoms with Crippen LogP contribution in [0, 0.1) is 5.92 Å². The fraction of sp³-hybridized carbons (Fsp3) is 0.700. The van der Waals surface area contributed by atoms with Crippen molar-refractivity contribution in [2.45, 2.75) is 31.8 Å². The first-order valence-electron chi connectivity index (χ1n) is 4.66. The zero-order valence-electron chi connectivity index (χ0n) is 7.16. The second kappa shape index (κ2) is 3.40. The van der Waals surface area contributed by atoms with Crippen molar-refractivity contribution in [1.82, 2.24) is 0 Å². The van der Waals surface area contributed by atoms with Crippen molar-refractivity contribution in [1.29, 1.82) is 0 Å². The highest BCUT2D eigenvalue weighted by atomic mass is 16.5. The van der Waals surface area contributed by atoms with Crippen LogP contribution in [0.4, 0.5) is 0 Å². The molecule has 2 heteroatoms. The van der Waals surface area contributed by atoms with Crippen molar-refractivity contribution in [3.05, 3.63) is 12.2 Å². The van der Waals surface area contributed by atoms with Gasteiger partial charge in [-0.15, -0.1) is 0 Å². The molecule has 0 bridgehead atoms. The van der Waals surface area contributed by atoms with Crippen LogP contribution >= 0.6 is 0 Å². The first-order chi connectivity index (χ1) is 5.86. The first-order valence-corrected chi connectivity index (χ1v) is 4.66. The van der Waals surface area contributed by atoms with E-state index in [-0.39, 0.29) is 0 Å². The monoisotopic (exact) mass is 166 g/mol. The molecule has 0 spiro atoms. The van der Waals surface area contributed by atoms with Gasteiger partial charge in [0, 0.05) is 12.8 Å². The Balaban J connectivity index is 1.88. The quantitative estimate of drug-likeness (QED) is 0.554. The molecule has 1 fully saturated rings. The highest BCUT2D eigenvalue weighted by molar-refractivity contribution is 5.79. The average Bonchev–Trinajstić information content (AvgIpc) is 2.58. The molecule has 1 unspecified atom stereocenters. The molecule has 0 aromatic heterocycles. The molecule has 1 saturated carbocycles. The Morgan fingerprint density at radius 2 is 2.08 bits per heavy atom. The Hall–Kier alpha value is -0.630.